The van der Waals surface area contributed by atoms with Crippen LogP contribution in [0.1, 0.15) is 0 Å². The zero-order valence-corrected chi connectivity index (χ0v) is 8.50. The molecule has 0 unspecified atom stereocenters. The van der Waals surface area contributed by atoms with Gasteiger partial charge in [0, 0.05) is 10.6 Å². The summed E-state index contributed by atoms with van der Waals surface area (Å²) in [6, 6.07) is 5.08. The molecule has 0 amide bonds. The Kier molecular flexibility index (Phi) is 2.31. The van der Waals surface area contributed by atoms with Gasteiger partial charge in [-0.1, -0.05) is 28.4 Å². The molecule has 0 bridgehead atoms. The third-order valence-corrected chi connectivity index (χ3v) is 2.17. The molecule has 2 rings (SSSR count). The quantitative estimate of drug-likeness (QED) is 0.703. The Bertz CT molecular complexity index is 466. The van der Waals surface area contributed by atoms with Gasteiger partial charge in [0.05, 0.1) is 5.02 Å². The van der Waals surface area contributed by atoms with E-state index < -0.39 is 0 Å². The molecule has 0 N–H and O–H groups in total. The summed E-state index contributed by atoms with van der Waals surface area (Å²) < 4.78 is 0. The minimum Gasteiger partial charge on any atom is -0.301 e. The third-order valence-electron chi connectivity index (χ3n) is 1.62. The molecular weight excluding hydrogens is 223 g/mol. The normalized spacial score (nSPS) is 10.4. The Labute approximate surface area is 90.4 Å². The molecule has 0 saturated carbocycles. The summed E-state index contributed by atoms with van der Waals surface area (Å²) in [4.78, 5) is 1.13. The van der Waals surface area contributed by atoms with Gasteiger partial charge >= 0.3 is 0 Å². The monoisotopic (exact) mass is 227 g/mol. The van der Waals surface area contributed by atoms with Crippen LogP contribution in [0.15, 0.2) is 18.2 Å². The van der Waals surface area contributed by atoms with Gasteiger partial charge in [-0.05, 0) is 18.2 Å². The van der Waals surface area contributed by atoms with E-state index in [0.717, 1.165) is 4.80 Å². The first-order valence-electron chi connectivity index (χ1n) is 3.73. The maximum Gasteiger partial charge on any atom is 0.203 e. The number of benzene rings is 1. The lowest BCUT2D eigenvalue weighted by Gasteiger charge is -1.98. The molecule has 1 aromatic carbocycles. The van der Waals surface area contributed by atoms with E-state index in [2.05, 4.69) is 22.5 Å². The molecule has 14 heavy (non-hydrogen) atoms. The van der Waals surface area contributed by atoms with Crippen molar-refractivity contribution in [3.8, 4) is 11.4 Å². The zero-order valence-electron chi connectivity index (χ0n) is 6.98. The predicted octanol–water partition coefficient (Wildman–Crippen LogP) is 2.29. The van der Waals surface area contributed by atoms with Crippen molar-refractivity contribution < 1.29 is 0 Å². The average Bonchev–Trinajstić information content (AvgIpc) is 2.51. The number of hydrogen-bond acceptors (Lipinski definition) is 3. The Balaban J connectivity index is 2.52. The van der Waals surface area contributed by atoms with Crippen LogP contribution in [0.4, 0.5) is 0 Å². The van der Waals surface area contributed by atoms with Crippen molar-refractivity contribution in [2.75, 3.05) is 0 Å². The zero-order chi connectivity index (χ0) is 10.1. The molecule has 0 fully saturated rings. The van der Waals surface area contributed by atoms with Gasteiger partial charge in [-0.15, -0.1) is 5.10 Å². The largest absolute Gasteiger partial charge is 0.301 e. The van der Waals surface area contributed by atoms with E-state index in [1.54, 1.807) is 18.2 Å². The fourth-order valence-corrected chi connectivity index (χ4v) is 1.51. The maximum absolute atomic E-state index is 5.95. The van der Waals surface area contributed by atoms with Crippen molar-refractivity contribution in [1.82, 2.24) is 20.2 Å². The van der Waals surface area contributed by atoms with E-state index in [1.165, 1.54) is 0 Å². The standard InChI is InChI=1S/C8H5Cl2N4/c1-14-12-8(11-13-14)6-3-2-5(9)4-7(6)10/h2-4H,1H2/q-1. The number of aromatic nitrogens is 4. The Morgan fingerprint density at radius 1 is 1.29 bits per heavy atom. The van der Waals surface area contributed by atoms with Crippen molar-refractivity contribution in [2.45, 2.75) is 0 Å². The summed E-state index contributed by atoms with van der Waals surface area (Å²) in [6.07, 6.45) is 0. The van der Waals surface area contributed by atoms with Crippen LogP contribution < -0.4 is 0 Å². The molecule has 0 aliphatic rings. The number of hydrogen-bond donors (Lipinski definition) is 0. The fourth-order valence-electron chi connectivity index (χ4n) is 1.02. The van der Waals surface area contributed by atoms with Crippen molar-refractivity contribution >= 4 is 23.2 Å². The van der Waals surface area contributed by atoms with Crippen LogP contribution in [-0.4, -0.2) is 20.2 Å². The highest BCUT2D eigenvalue weighted by Crippen LogP contribution is 2.27. The second kappa shape index (κ2) is 3.48. The van der Waals surface area contributed by atoms with Crippen LogP contribution in [0.2, 0.25) is 10.0 Å². The average molecular weight is 228 g/mol. The highest BCUT2D eigenvalue weighted by atomic mass is 35.5. The summed E-state index contributed by atoms with van der Waals surface area (Å²) in [5, 5.41) is 12.4. The lowest BCUT2D eigenvalue weighted by Crippen LogP contribution is -1.89. The maximum atomic E-state index is 5.95. The van der Waals surface area contributed by atoms with Gasteiger partial charge in [0.1, 0.15) is 0 Å². The second-order valence-corrected chi connectivity index (χ2v) is 3.45. The number of tetrazole rings is 1. The van der Waals surface area contributed by atoms with Crippen molar-refractivity contribution in [1.29, 1.82) is 0 Å². The van der Waals surface area contributed by atoms with Crippen LogP contribution in [0.25, 0.3) is 11.4 Å². The molecule has 1 heterocycles. The lowest BCUT2D eigenvalue weighted by atomic mass is 10.2. The van der Waals surface area contributed by atoms with E-state index in [9.17, 15) is 0 Å². The van der Waals surface area contributed by atoms with E-state index in [1.807, 2.05) is 0 Å². The van der Waals surface area contributed by atoms with E-state index in [-0.39, 0.29) is 0 Å². The van der Waals surface area contributed by atoms with Gasteiger partial charge in [0.15, 0.2) is 0 Å². The number of halogens is 2. The Hall–Kier alpha value is -1.26. The Morgan fingerprint density at radius 3 is 2.64 bits per heavy atom. The molecule has 1 aromatic heterocycles. The van der Waals surface area contributed by atoms with Gasteiger partial charge in [-0.25, -0.2) is 0 Å². The molecule has 2 aromatic rings. The van der Waals surface area contributed by atoms with E-state index in [4.69, 9.17) is 23.2 Å². The molecule has 0 aliphatic heterocycles. The first-order valence-corrected chi connectivity index (χ1v) is 4.49. The summed E-state index contributed by atoms with van der Waals surface area (Å²) in [7, 11) is 3.48. The van der Waals surface area contributed by atoms with Gasteiger partial charge in [0.2, 0.25) is 5.82 Å². The topological polar surface area (TPSA) is 43.6 Å². The first kappa shape index (κ1) is 9.30. The fraction of sp³-hybridized carbons (Fsp3) is 0. The van der Waals surface area contributed by atoms with Gasteiger partial charge < -0.3 is 4.80 Å². The third kappa shape index (κ3) is 1.66. The highest BCUT2D eigenvalue weighted by molar-refractivity contribution is 6.36. The lowest BCUT2D eigenvalue weighted by molar-refractivity contribution is 0.714. The molecule has 0 spiro atoms. The first-order chi connectivity index (χ1) is 6.66. The van der Waals surface area contributed by atoms with Crippen LogP contribution in [0.5, 0.6) is 0 Å². The van der Waals surface area contributed by atoms with Crippen molar-refractivity contribution in [3.63, 3.8) is 0 Å². The molecule has 4 nitrogen and oxygen atoms in total. The van der Waals surface area contributed by atoms with E-state index in [0.29, 0.717) is 21.4 Å². The molecule has 72 valence electrons. The van der Waals surface area contributed by atoms with Crippen LogP contribution >= 0.6 is 23.2 Å². The van der Waals surface area contributed by atoms with Gasteiger partial charge in [-0.3, -0.25) is 7.05 Å². The summed E-state index contributed by atoms with van der Waals surface area (Å²) in [5.74, 6) is 0.432. The number of nitrogens with zero attached hydrogens (tertiary/aromatic N) is 4. The van der Waals surface area contributed by atoms with Crippen LogP contribution in [-0.2, 0) is 0 Å². The summed E-state index contributed by atoms with van der Waals surface area (Å²) >= 11 is 11.7. The second-order valence-electron chi connectivity index (χ2n) is 2.61. The number of rotatable bonds is 1. The summed E-state index contributed by atoms with van der Waals surface area (Å²) in [6.45, 7) is 0. The molecule has 6 heteroatoms. The molecule has 0 aliphatic carbocycles. The SMILES string of the molecule is [CH2-]n1nnc(-c2ccc(Cl)cc2Cl)n1. The van der Waals surface area contributed by atoms with Crippen molar-refractivity contribution in [2.24, 2.45) is 0 Å². The van der Waals surface area contributed by atoms with Crippen molar-refractivity contribution in [3.05, 3.63) is 35.3 Å². The minimum absolute atomic E-state index is 0.432. The smallest absolute Gasteiger partial charge is 0.203 e. The molecular formula is C8H5Cl2N4-. The molecule has 0 atom stereocenters. The highest BCUT2D eigenvalue weighted by Gasteiger charge is 2.07. The van der Waals surface area contributed by atoms with Gasteiger partial charge in [0.25, 0.3) is 0 Å². The van der Waals surface area contributed by atoms with E-state index >= 15 is 0 Å². The van der Waals surface area contributed by atoms with Crippen LogP contribution in [0.3, 0.4) is 0 Å². The summed E-state index contributed by atoms with van der Waals surface area (Å²) in [5.41, 5.74) is 0.686. The van der Waals surface area contributed by atoms with Gasteiger partial charge in [-0.2, -0.15) is 5.10 Å². The molecule has 0 radical (unpaired) electrons. The minimum atomic E-state index is 0.432. The molecule has 0 saturated heterocycles. The van der Waals surface area contributed by atoms with Crippen LogP contribution in [0, 0.1) is 7.05 Å². The predicted molar refractivity (Wildman–Crippen MR) is 54.0 cm³/mol. The Morgan fingerprint density at radius 2 is 2.07 bits per heavy atom.